The second-order valence-corrected chi connectivity index (χ2v) is 5.72. The Balaban J connectivity index is 1.42. The lowest BCUT2D eigenvalue weighted by atomic mass is 10.2. The zero-order chi connectivity index (χ0) is 18.5. The van der Waals surface area contributed by atoms with Gasteiger partial charge >= 0.3 is 0 Å². The molecule has 134 valence electrons. The molecule has 7 heteroatoms. The number of hydrogen-bond donors (Lipinski definition) is 1. The average molecular weight is 360 g/mol. The summed E-state index contributed by atoms with van der Waals surface area (Å²) in [5.74, 6) is 0.625. The van der Waals surface area contributed by atoms with E-state index in [0.717, 1.165) is 11.4 Å². The van der Waals surface area contributed by atoms with E-state index in [-0.39, 0.29) is 18.3 Å². The van der Waals surface area contributed by atoms with Crippen molar-refractivity contribution in [2.75, 3.05) is 5.32 Å². The first-order valence-electron chi connectivity index (χ1n) is 8.30. The summed E-state index contributed by atoms with van der Waals surface area (Å²) in [5, 5.41) is 6.89. The van der Waals surface area contributed by atoms with Gasteiger partial charge < -0.3 is 14.5 Å². The van der Waals surface area contributed by atoms with E-state index in [1.165, 1.54) is 12.6 Å². The highest BCUT2D eigenvalue weighted by atomic mass is 16.5. The molecule has 0 bridgehead atoms. The average Bonchev–Trinajstić information content (AvgIpc) is 3.40. The van der Waals surface area contributed by atoms with Crippen molar-refractivity contribution in [3.8, 4) is 11.4 Å². The van der Waals surface area contributed by atoms with Gasteiger partial charge in [0.1, 0.15) is 25.0 Å². The van der Waals surface area contributed by atoms with E-state index in [0.29, 0.717) is 11.3 Å². The second-order valence-electron chi connectivity index (χ2n) is 5.72. The first kappa shape index (κ1) is 16.6. The number of carbonyl (C=O) groups excluding carboxylic acids is 1. The number of ether oxygens (including phenoxy) is 1. The highest BCUT2D eigenvalue weighted by molar-refractivity contribution is 6.03. The van der Waals surface area contributed by atoms with Crippen LogP contribution in [0.1, 0.15) is 16.1 Å². The van der Waals surface area contributed by atoms with Crippen LogP contribution in [0.2, 0.25) is 0 Å². The van der Waals surface area contributed by atoms with Gasteiger partial charge in [0, 0.05) is 11.3 Å². The number of rotatable bonds is 6. The summed E-state index contributed by atoms with van der Waals surface area (Å²) in [6, 6.07) is 18.4. The van der Waals surface area contributed by atoms with Crippen molar-refractivity contribution in [1.82, 2.24) is 14.8 Å². The highest BCUT2D eigenvalue weighted by Crippen LogP contribution is 2.18. The maximum Gasteiger partial charge on any atom is 0.291 e. The van der Waals surface area contributed by atoms with Crippen LogP contribution in [-0.4, -0.2) is 20.7 Å². The summed E-state index contributed by atoms with van der Waals surface area (Å²) in [7, 11) is 0. The molecule has 27 heavy (non-hydrogen) atoms. The molecule has 0 aliphatic carbocycles. The Hall–Kier alpha value is -3.87. The van der Waals surface area contributed by atoms with Gasteiger partial charge in [0.2, 0.25) is 0 Å². The number of benzene rings is 2. The fourth-order valence-electron chi connectivity index (χ4n) is 2.55. The van der Waals surface area contributed by atoms with Crippen molar-refractivity contribution in [3.05, 3.63) is 90.9 Å². The van der Waals surface area contributed by atoms with Gasteiger partial charge in [-0.3, -0.25) is 4.79 Å². The second kappa shape index (κ2) is 7.57. The van der Waals surface area contributed by atoms with Gasteiger partial charge in [-0.05, 0) is 42.5 Å². The minimum Gasteiger partial charge on any atom is -0.489 e. The molecule has 0 saturated carbocycles. The van der Waals surface area contributed by atoms with Crippen molar-refractivity contribution in [3.63, 3.8) is 0 Å². The first-order chi connectivity index (χ1) is 13.3. The smallest absolute Gasteiger partial charge is 0.291 e. The SMILES string of the molecule is O=C(Nc1ccc(-n2cncn2)cc1)c1occc1COc1ccccc1. The largest absolute Gasteiger partial charge is 0.489 e. The van der Waals surface area contributed by atoms with Crippen LogP contribution in [0.3, 0.4) is 0 Å². The van der Waals surface area contributed by atoms with Crippen LogP contribution < -0.4 is 10.1 Å². The van der Waals surface area contributed by atoms with Crippen molar-refractivity contribution in [2.45, 2.75) is 6.61 Å². The van der Waals surface area contributed by atoms with E-state index in [1.807, 2.05) is 42.5 Å². The van der Waals surface area contributed by atoms with Gasteiger partial charge in [0.05, 0.1) is 12.0 Å². The predicted octanol–water partition coefficient (Wildman–Crippen LogP) is 3.69. The molecule has 0 spiro atoms. The van der Waals surface area contributed by atoms with Crippen molar-refractivity contribution in [1.29, 1.82) is 0 Å². The number of anilines is 1. The fourth-order valence-corrected chi connectivity index (χ4v) is 2.55. The molecule has 2 heterocycles. The molecule has 0 atom stereocenters. The zero-order valence-electron chi connectivity index (χ0n) is 14.3. The third-order valence-corrected chi connectivity index (χ3v) is 3.90. The van der Waals surface area contributed by atoms with Crippen LogP contribution in [0, 0.1) is 0 Å². The molecule has 4 aromatic rings. The number of nitrogens with one attached hydrogen (secondary N) is 1. The van der Waals surface area contributed by atoms with Gasteiger partial charge in [-0.2, -0.15) is 5.10 Å². The predicted molar refractivity (Wildman–Crippen MR) is 98.8 cm³/mol. The molecule has 0 unspecified atom stereocenters. The molecule has 2 aromatic heterocycles. The maximum absolute atomic E-state index is 12.5. The Kier molecular flexibility index (Phi) is 4.65. The molecule has 0 aliphatic rings. The third-order valence-electron chi connectivity index (χ3n) is 3.90. The van der Waals surface area contributed by atoms with Gasteiger partial charge in [-0.15, -0.1) is 0 Å². The van der Waals surface area contributed by atoms with Crippen molar-refractivity contribution < 1.29 is 13.9 Å². The number of amides is 1. The normalized spacial score (nSPS) is 10.5. The maximum atomic E-state index is 12.5. The monoisotopic (exact) mass is 360 g/mol. The summed E-state index contributed by atoms with van der Waals surface area (Å²) < 4.78 is 12.7. The molecular formula is C20H16N4O3. The van der Waals surface area contributed by atoms with Crippen LogP contribution in [0.5, 0.6) is 5.75 Å². The molecule has 7 nitrogen and oxygen atoms in total. The molecule has 1 amide bonds. The van der Waals surface area contributed by atoms with E-state index in [2.05, 4.69) is 15.4 Å². The van der Waals surface area contributed by atoms with E-state index >= 15 is 0 Å². The van der Waals surface area contributed by atoms with E-state index in [4.69, 9.17) is 9.15 Å². The Labute approximate surface area is 155 Å². The van der Waals surface area contributed by atoms with E-state index in [1.54, 1.807) is 29.2 Å². The quantitative estimate of drug-likeness (QED) is 0.567. The summed E-state index contributed by atoms with van der Waals surface area (Å²) in [6.45, 7) is 0.245. The van der Waals surface area contributed by atoms with Crippen LogP contribution in [0.25, 0.3) is 5.69 Å². The summed E-state index contributed by atoms with van der Waals surface area (Å²) >= 11 is 0. The van der Waals surface area contributed by atoms with Crippen LogP contribution in [0.15, 0.2) is 84.0 Å². The Bertz CT molecular complexity index is 1010. The minimum absolute atomic E-state index is 0.228. The topological polar surface area (TPSA) is 82.2 Å². The number of para-hydroxylation sites is 1. The van der Waals surface area contributed by atoms with Crippen LogP contribution >= 0.6 is 0 Å². The molecule has 2 aromatic carbocycles. The molecule has 4 rings (SSSR count). The van der Waals surface area contributed by atoms with Crippen LogP contribution in [-0.2, 0) is 6.61 Å². The molecule has 0 fully saturated rings. The lowest BCUT2D eigenvalue weighted by Gasteiger charge is -2.08. The summed E-state index contributed by atoms with van der Waals surface area (Å²) in [5.41, 5.74) is 2.17. The van der Waals surface area contributed by atoms with Gasteiger partial charge in [-0.1, -0.05) is 18.2 Å². The molecule has 0 aliphatic heterocycles. The highest BCUT2D eigenvalue weighted by Gasteiger charge is 2.16. The van der Waals surface area contributed by atoms with Gasteiger partial charge in [0.15, 0.2) is 5.76 Å². The number of carbonyl (C=O) groups is 1. The van der Waals surface area contributed by atoms with E-state index in [9.17, 15) is 4.79 Å². The van der Waals surface area contributed by atoms with Crippen molar-refractivity contribution in [2.24, 2.45) is 0 Å². The third kappa shape index (κ3) is 3.87. The lowest BCUT2D eigenvalue weighted by molar-refractivity contribution is 0.0993. The van der Waals surface area contributed by atoms with Crippen LogP contribution in [0.4, 0.5) is 5.69 Å². The first-order valence-corrected chi connectivity index (χ1v) is 8.30. The van der Waals surface area contributed by atoms with Gasteiger partial charge in [-0.25, -0.2) is 9.67 Å². The number of furan rings is 1. The molecule has 1 N–H and O–H groups in total. The lowest BCUT2D eigenvalue weighted by Crippen LogP contribution is -2.13. The minimum atomic E-state index is -0.333. The van der Waals surface area contributed by atoms with Gasteiger partial charge in [0.25, 0.3) is 5.91 Å². The number of hydrogen-bond acceptors (Lipinski definition) is 5. The summed E-state index contributed by atoms with van der Waals surface area (Å²) in [4.78, 5) is 16.4. The Morgan fingerprint density at radius 3 is 2.63 bits per heavy atom. The Morgan fingerprint density at radius 2 is 1.89 bits per heavy atom. The molecule has 0 saturated heterocycles. The standard InChI is InChI=1S/C20H16N4O3/c25-20(23-16-6-8-17(9-7-16)24-14-21-13-22-24)19-15(10-11-26-19)12-27-18-4-2-1-3-5-18/h1-11,13-14H,12H2,(H,23,25). The fraction of sp³-hybridized carbons (Fsp3) is 0.0500. The molecular weight excluding hydrogens is 344 g/mol. The molecule has 0 radical (unpaired) electrons. The summed E-state index contributed by atoms with van der Waals surface area (Å²) in [6.07, 6.45) is 4.55. The zero-order valence-corrected chi connectivity index (χ0v) is 14.3. The van der Waals surface area contributed by atoms with Crippen molar-refractivity contribution >= 4 is 11.6 Å². The van der Waals surface area contributed by atoms with E-state index < -0.39 is 0 Å². The number of nitrogens with zero attached hydrogens (tertiary/aromatic N) is 3. The Morgan fingerprint density at radius 1 is 1.07 bits per heavy atom. The number of aromatic nitrogens is 3.